The van der Waals surface area contributed by atoms with Crippen LogP contribution in [0.25, 0.3) is 10.2 Å². The summed E-state index contributed by atoms with van der Waals surface area (Å²) in [6.45, 7) is 3.79. The average Bonchev–Trinajstić information content (AvgIpc) is 3.27. The third-order valence-corrected chi connectivity index (χ3v) is 9.65. The van der Waals surface area contributed by atoms with Crippen LogP contribution in [0.3, 0.4) is 0 Å². The number of hydrogen-bond acceptors (Lipinski definition) is 6. The van der Waals surface area contributed by atoms with E-state index in [9.17, 15) is 13.2 Å². The van der Waals surface area contributed by atoms with Crippen LogP contribution in [0.2, 0.25) is 5.02 Å². The standard InChI is InChI=1S/C25H31ClN4O3S2/c1-18-8-4-5-17-30(18)35(32,33)20-13-11-19(12-14-20)24(31)29(16-7-15-28(2)3)25-27-23-21(26)9-6-10-22(23)34-25/h6,9-14,18H,4-5,7-8,15-17H2,1-3H3. The van der Waals surface area contributed by atoms with Gasteiger partial charge in [0.25, 0.3) is 5.91 Å². The maximum Gasteiger partial charge on any atom is 0.260 e. The SMILES string of the molecule is CC1CCCCN1S(=O)(=O)c1ccc(C(=O)N(CCCN(C)C)c2nc3c(Cl)cccc3s2)cc1. The fourth-order valence-electron chi connectivity index (χ4n) is 4.34. The Kier molecular flexibility index (Phi) is 8.12. The van der Waals surface area contributed by atoms with Gasteiger partial charge >= 0.3 is 0 Å². The maximum absolute atomic E-state index is 13.6. The number of fused-ring (bicyclic) bond motifs is 1. The van der Waals surface area contributed by atoms with Crippen LogP contribution in [0.15, 0.2) is 47.4 Å². The highest BCUT2D eigenvalue weighted by molar-refractivity contribution is 7.89. The van der Waals surface area contributed by atoms with Crippen molar-refractivity contribution in [2.24, 2.45) is 0 Å². The molecule has 1 aliphatic heterocycles. The molecular weight excluding hydrogens is 504 g/mol. The van der Waals surface area contributed by atoms with E-state index in [4.69, 9.17) is 11.6 Å². The van der Waals surface area contributed by atoms with Crippen molar-refractivity contribution in [2.45, 2.75) is 43.5 Å². The lowest BCUT2D eigenvalue weighted by Crippen LogP contribution is -2.41. The molecule has 0 spiro atoms. The van der Waals surface area contributed by atoms with Crippen molar-refractivity contribution >= 4 is 54.2 Å². The second-order valence-corrected chi connectivity index (χ2v) is 12.5. The van der Waals surface area contributed by atoms with E-state index in [1.165, 1.54) is 23.5 Å². The molecule has 1 unspecified atom stereocenters. The number of piperidine rings is 1. The highest BCUT2D eigenvalue weighted by Gasteiger charge is 2.31. The molecule has 0 aliphatic carbocycles. The molecule has 7 nitrogen and oxygen atoms in total. The summed E-state index contributed by atoms with van der Waals surface area (Å²) in [7, 11) is 0.390. The Balaban J connectivity index is 1.61. The number of aromatic nitrogens is 1. The number of carbonyl (C=O) groups is 1. The van der Waals surface area contributed by atoms with Gasteiger partial charge in [0.15, 0.2) is 5.13 Å². The first-order chi connectivity index (χ1) is 16.7. The van der Waals surface area contributed by atoms with Crippen LogP contribution < -0.4 is 4.90 Å². The number of thiazole rings is 1. The Morgan fingerprint density at radius 2 is 1.89 bits per heavy atom. The van der Waals surface area contributed by atoms with Gasteiger partial charge in [0, 0.05) is 24.7 Å². The number of amides is 1. The largest absolute Gasteiger partial charge is 0.309 e. The summed E-state index contributed by atoms with van der Waals surface area (Å²) < 4.78 is 28.8. The van der Waals surface area contributed by atoms with E-state index in [0.29, 0.717) is 34.3 Å². The number of para-hydroxylation sites is 1. The second-order valence-electron chi connectivity index (χ2n) is 9.18. The van der Waals surface area contributed by atoms with Crippen molar-refractivity contribution in [1.29, 1.82) is 0 Å². The number of carbonyl (C=O) groups excluding carboxylic acids is 1. The summed E-state index contributed by atoms with van der Waals surface area (Å²) in [5.41, 5.74) is 1.10. The number of rotatable bonds is 8. The minimum atomic E-state index is -3.59. The van der Waals surface area contributed by atoms with Crippen LogP contribution in [0.5, 0.6) is 0 Å². The number of nitrogens with zero attached hydrogens (tertiary/aromatic N) is 4. The van der Waals surface area contributed by atoms with Gasteiger partial charge in [0.2, 0.25) is 10.0 Å². The van der Waals surface area contributed by atoms with Crippen LogP contribution in [0.4, 0.5) is 5.13 Å². The van der Waals surface area contributed by atoms with Gasteiger partial charge in [0.05, 0.1) is 14.6 Å². The third kappa shape index (κ3) is 5.70. The molecule has 2 heterocycles. The molecule has 35 heavy (non-hydrogen) atoms. The lowest BCUT2D eigenvalue weighted by atomic mass is 10.1. The number of benzene rings is 2. The molecule has 10 heteroatoms. The fourth-order valence-corrected chi connectivity index (χ4v) is 7.33. The predicted octanol–water partition coefficient (Wildman–Crippen LogP) is 5.11. The van der Waals surface area contributed by atoms with Crippen molar-refractivity contribution in [3.8, 4) is 0 Å². The van der Waals surface area contributed by atoms with Crippen LogP contribution in [-0.4, -0.2) is 68.3 Å². The zero-order valence-corrected chi connectivity index (χ0v) is 22.7. The van der Waals surface area contributed by atoms with Crippen LogP contribution >= 0.6 is 22.9 Å². The number of hydrogen-bond donors (Lipinski definition) is 0. The third-order valence-electron chi connectivity index (χ3n) is 6.27. The van der Waals surface area contributed by atoms with Crippen LogP contribution in [0, 0.1) is 0 Å². The van der Waals surface area contributed by atoms with Crippen molar-refractivity contribution in [3.63, 3.8) is 0 Å². The highest BCUT2D eigenvalue weighted by Crippen LogP contribution is 2.34. The molecule has 0 saturated carbocycles. The molecule has 1 fully saturated rings. The van der Waals surface area contributed by atoms with E-state index in [-0.39, 0.29) is 16.8 Å². The van der Waals surface area contributed by atoms with Gasteiger partial charge in [-0.15, -0.1) is 0 Å². The summed E-state index contributed by atoms with van der Waals surface area (Å²) >= 11 is 7.75. The Labute approximate surface area is 216 Å². The van der Waals surface area contributed by atoms with Crippen LogP contribution in [0.1, 0.15) is 43.0 Å². The molecule has 3 aromatic rings. The highest BCUT2D eigenvalue weighted by atomic mass is 35.5. The number of halogens is 1. The van der Waals surface area contributed by atoms with Gasteiger partial charge in [0.1, 0.15) is 5.52 Å². The Morgan fingerprint density at radius 1 is 1.14 bits per heavy atom. The lowest BCUT2D eigenvalue weighted by Gasteiger charge is -2.32. The number of sulfonamides is 1. The normalized spacial score (nSPS) is 17.2. The quantitative estimate of drug-likeness (QED) is 0.401. The molecule has 1 saturated heterocycles. The maximum atomic E-state index is 13.6. The first-order valence-electron chi connectivity index (χ1n) is 11.8. The van der Waals surface area contributed by atoms with Gasteiger partial charge in [-0.3, -0.25) is 9.69 Å². The molecule has 188 valence electrons. The molecule has 1 atom stereocenters. The second kappa shape index (κ2) is 10.9. The minimum Gasteiger partial charge on any atom is -0.309 e. The monoisotopic (exact) mass is 534 g/mol. The van der Waals surface area contributed by atoms with Crippen molar-refractivity contribution < 1.29 is 13.2 Å². The Morgan fingerprint density at radius 3 is 2.54 bits per heavy atom. The van der Waals surface area contributed by atoms with Gasteiger partial charge < -0.3 is 4.90 Å². The molecule has 0 N–H and O–H groups in total. The zero-order chi connectivity index (χ0) is 25.2. The molecule has 2 aromatic carbocycles. The molecule has 0 radical (unpaired) electrons. The van der Waals surface area contributed by atoms with Crippen molar-refractivity contribution in [2.75, 3.05) is 38.6 Å². The summed E-state index contributed by atoms with van der Waals surface area (Å²) in [5, 5.41) is 1.13. The first-order valence-corrected chi connectivity index (χ1v) is 14.5. The Bertz CT molecular complexity index is 1290. The summed E-state index contributed by atoms with van der Waals surface area (Å²) in [5.74, 6) is -0.214. The van der Waals surface area contributed by atoms with Crippen LogP contribution in [-0.2, 0) is 10.0 Å². The number of anilines is 1. The molecule has 1 aromatic heterocycles. The average molecular weight is 535 g/mol. The fraction of sp³-hybridized carbons (Fsp3) is 0.440. The van der Waals surface area contributed by atoms with Gasteiger partial charge in [-0.1, -0.05) is 35.4 Å². The Hall–Kier alpha value is -2.04. The lowest BCUT2D eigenvalue weighted by molar-refractivity contribution is 0.0986. The summed E-state index contributed by atoms with van der Waals surface area (Å²) in [6.07, 6.45) is 3.54. The topological polar surface area (TPSA) is 73.8 Å². The molecular formula is C25H31ClN4O3S2. The molecule has 1 aliphatic rings. The molecule has 4 rings (SSSR count). The smallest absolute Gasteiger partial charge is 0.260 e. The van der Waals surface area contributed by atoms with E-state index in [1.807, 2.05) is 33.2 Å². The summed E-state index contributed by atoms with van der Waals surface area (Å²) in [6, 6.07) is 11.8. The van der Waals surface area contributed by atoms with Gasteiger partial charge in [-0.2, -0.15) is 4.31 Å². The van der Waals surface area contributed by atoms with E-state index in [2.05, 4.69) is 9.88 Å². The molecule has 0 bridgehead atoms. The first kappa shape index (κ1) is 26.0. The van der Waals surface area contributed by atoms with Crippen molar-refractivity contribution in [3.05, 3.63) is 53.1 Å². The van der Waals surface area contributed by atoms with E-state index in [0.717, 1.165) is 36.9 Å². The van der Waals surface area contributed by atoms with E-state index >= 15 is 0 Å². The van der Waals surface area contributed by atoms with Gasteiger partial charge in [-0.25, -0.2) is 13.4 Å². The summed E-state index contributed by atoms with van der Waals surface area (Å²) in [4.78, 5) is 22.2. The molecule has 1 amide bonds. The predicted molar refractivity (Wildman–Crippen MR) is 143 cm³/mol. The van der Waals surface area contributed by atoms with E-state index in [1.54, 1.807) is 27.4 Å². The van der Waals surface area contributed by atoms with Gasteiger partial charge in [-0.05, 0) is 83.2 Å². The minimum absolute atomic E-state index is 0.0203. The van der Waals surface area contributed by atoms with Crippen molar-refractivity contribution in [1.82, 2.24) is 14.2 Å². The van der Waals surface area contributed by atoms with E-state index < -0.39 is 10.0 Å². The zero-order valence-electron chi connectivity index (χ0n) is 20.3.